The Bertz CT molecular complexity index is 352. The average Bonchev–Trinajstić information content (AvgIpc) is 2.77. The lowest BCUT2D eigenvalue weighted by molar-refractivity contribution is 0.187. The van der Waals surface area contributed by atoms with Crippen LogP contribution in [0.5, 0.6) is 0 Å². The lowest BCUT2D eigenvalue weighted by atomic mass is 10.1. The van der Waals surface area contributed by atoms with E-state index >= 15 is 0 Å². The Hall–Kier alpha value is -0.940. The number of nitrogens with zero attached hydrogens (tertiary/aromatic N) is 4. The van der Waals surface area contributed by atoms with Crippen LogP contribution in [-0.2, 0) is 13.1 Å². The predicted molar refractivity (Wildman–Crippen MR) is 72.2 cm³/mol. The van der Waals surface area contributed by atoms with E-state index in [0.29, 0.717) is 12.0 Å². The van der Waals surface area contributed by atoms with E-state index in [1.54, 1.807) is 6.33 Å². The van der Waals surface area contributed by atoms with Gasteiger partial charge in [0.15, 0.2) is 0 Å². The molecule has 0 amide bonds. The summed E-state index contributed by atoms with van der Waals surface area (Å²) < 4.78 is 2.05. The molecule has 1 aliphatic rings. The van der Waals surface area contributed by atoms with E-state index in [1.165, 1.54) is 12.8 Å². The molecule has 0 saturated carbocycles. The van der Waals surface area contributed by atoms with Gasteiger partial charge in [0.2, 0.25) is 0 Å². The zero-order valence-corrected chi connectivity index (χ0v) is 11.8. The van der Waals surface area contributed by atoms with E-state index in [0.717, 1.165) is 32.0 Å². The SMILES string of the molecule is CNC1CCN(Cc2ncnn2CC(C)C)CC1. The molecule has 2 heterocycles. The summed E-state index contributed by atoms with van der Waals surface area (Å²) in [6.07, 6.45) is 4.14. The minimum absolute atomic E-state index is 0.612. The number of piperidine rings is 1. The number of rotatable bonds is 5. The first-order chi connectivity index (χ1) is 8.69. The zero-order valence-electron chi connectivity index (χ0n) is 11.8. The van der Waals surface area contributed by atoms with Crippen LogP contribution in [0.1, 0.15) is 32.5 Å². The molecule has 5 nitrogen and oxygen atoms in total. The van der Waals surface area contributed by atoms with Gasteiger partial charge < -0.3 is 5.32 Å². The number of likely N-dealkylation sites (tertiary alicyclic amines) is 1. The molecule has 0 aromatic carbocycles. The van der Waals surface area contributed by atoms with Crippen molar-refractivity contribution >= 4 is 0 Å². The quantitative estimate of drug-likeness (QED) is 0.852. The molecule has 1 aromatic rings. The van der Waals surface area contributed by atoms with Gasteiger partial charge in [0.25, 0.3) is 0 Å². The fourth-order valence-electron chi connectivity index (χ4n) is 2.49. The topological polar surface area (TPSA) is 46.0 Å². The van der Waals surface area contributed by atoms with Gasteiger partial charge in [0.1, 0.15) is 12.2 Å². The lowest BCUT2D eigenvalue weighted by Crippen LogP contribution is -2.41. The molecule has 1 fully saturated rings. The van der Waals surface area contributed by atoms with Gasteiger partial charge in [-0.3, -0.25) is 4.90 Å². The molecule has 1 N–H and O–H groups in total. The summed E-state index contributed by atoms with van der Waals surface area (Å²) in [6.45, 7) is 8.62. The molecule has 0 bridgehead atoms. The van der Waals surface area contributed by atoms with Crippen LogP contribution >= 0.6 is 0 Å². The van der Waals surface area contributed by atoms with E-state index in [1.807, 2.05) is 0 Å². The van der Waals surface area contributed by atoms with Crippen LogP contribution in [0.2, 0.25) is 0 Å². The van der Waals surface area contributed by atoms with Crippen molar-refractivity contribution in [3.8, 4) is 0 Å². The molecule has 1 saturated heterocycles. The standard InChI is InChI=1S/C13H25N5/c1-11(2)8-18-13(15-10-16-18)9-17-6-4-12(14-3)5-7-17/h10-12,14H,4-9H2,1-3H3. The molecule has 0 unspecified atom stereocenters. The van der Waals surface area contributed by atoms with Gasteiger partial charge >= 0.3 is 0 Å². The Morgan fingerprint density at radius 2 is 2.11 bits per heavy atom. The maximum atomic E-state index is 4.40. The Labute approximate surface area is 110 Å². The monoisotopic (exact) mass is 251 g/mol. The summed E-state index contributed by atoms with van der Waals surface area (Å²) in [7, 11) is 2.06. The highest BCUT2D eigenvalue weighted by atomic mass is 15.3. The van der Waals surface area contributed by atoms with E-state index < -0.39 is 0 Å². The van der Waals surface area contributed by atoms with E-state index in [2.05, 4.69) is 45.9 Å². The van der Waals surface area contributed by atoms with Gasteiger partial charge in [0.05, 0.1) is 6.54 Å². The molecule has 0 aliphatic carbocycles. The van der Waals surface area contributed by atoms with Gasteiger partial charge in [-0.1, -0.05) is 13.8 Å². The molecule has 0 radical (unpaired) electrons. The molecular weight excluding hydrogens is 226 g/mol. The minimum atomic E-state index is 0.612. The van der Waals surface area contributed by atoms with Gasteiger partial charge in [-0.05, 0) is 25.8 Å². The van der Waals surface area contributed by atoms with Crippen LogP contribution in [-0.4, -0.2) is 45.8 Å². The molecule has 2 rings (SSSR count). The van der Waals surface area contributed by atoms with Crippen molar-refractivity contribution in [1.29, 1.82) is 0 Å². The van der Waals surface area contributed by atoms with Gasteiger partial charge in [-0.15, -0.1) is 0 Å². The summed E-state index contributed by atoms with van der Waals surface area (Å²) in [6, 6.07) is 0.690. The van der Waals surface area contributed by atoms with E-state index in [4.69, 9.17) is 0 Å². The van der Waals surface area contributed by atoms with Crippen LogP contribution in [0, 0.1) is 5.92 Å². The number of hydrogen-bond donors (Lipinski definition) is 1. The lowest BCUT2D eigenvalue weighted by Gasteiger charge is -2.31. The number of hydrogen-bond acceptors (Lipinski definition) is 4. The summed E-state index contributed by atoms with van der Waals surface area (Å²) >= 11 is 0. The molecule has 0 atom stereocenters. The molecular formula is C13H25N5. The molecule has 102 valence electrons. The Morgan fingerprint density at radius 3 is 2.72 bits per heavy atom. The highest BCUT2D eigenvalue weighted by Gasteiger charge is 2.19. The first-order valence-corrected chi connectivity index (χ1v) is 6.95. The highest BCUT2D eigenvalue weighted by molar-refractivity contribution is 4.87. The van der Waals surface area contributed by atoms with Crippen molar-refractivity contribution in [2.45, 2.75) is 45.8 Å². The van der Waals surface area contributed by atoms with Crippen molar-refractivity contribution in [2.24, 2.45) is 5.92 Å². The fourth-order valence-corrected chi connectivity index (χ4v) is 2.49. The number of aromatic nitrogens is 3. The van der Waals surface area contributed by atoms with Crippen LogP contribution in [0.4, 0.5) is 0 Å². The largest absolute Gasteiger partial charge is 0.317 e. The second-order valence-corrected chi connectivity index (χ2v) is 5.59. The Morgan fingerprint density at radius 1 is 1.39 bits per heavy atom. The minimum Gasteiger partial charge on any atom is -0.317 e. The van der Waals surface area contributed by atoms with Crippen molar-refractivity contribution < 1.29 is 0 Å². The first kappa shape index (κ1) is 13.5. The average molecular weight is 251 g/mol. The third-order valence-corrected chi connectivity index (χ3v) is 3.59. The van der Waals surface area contributed by atoms with Crippen molar-refractivity contribution in [1.82, 2.24) is 25.0 Å². The van der Waals surface area contributed by atoms with Gasteiger partial charge in [-0.2, -0.15) is 5.10 Å². The molecule has 18 heavy (non-hydrogen) atoms. The third-order valence-electron chi connectivity index (χ3n) is 3.59. The molecule has 1 aromatic heterocycles. The van der Waals surface area contributed by atoms with Crippen molar-refractivity contribution in [2.75, 3.05) is 20.1 Å². The molecule has 1 aliphatic heterocycles. The van der Waals surface area contributed by atoms with Gasteiger partial charge in [-0.25, -0.2) is 9.67 Å². The zero-order chi connectivity index (χ0) is 13.0. The van der Waals surface area contributed by atoms with Crippen molar-refractivity contribution in [3.05, 3.63) is 12.2 Å². The summed E-state index contributed by atoms with van der Waals surface area (Å²) in [4.78, 5) is 6.88. The Balaban J connectivity index is 1.88. The maximum Gasteiger partial charge on any atom is 0.141 e. The van der Waals surface area contributed by atoms with Crippen LogP contribution in [0.3, 0.4) is 0 Å². The molecule has 5 heteroatoms. The van der Waals surface area contributed by atoms with E-state index in [9.17, 15) is 0 Å². The van der Waals surface area contributed by atoms with E-state index in [-0.39, 0.29) is 0 Å². The maximum absolute atomic E-state index is 4.40. The van der Waals surface area contributed by atoms with Gasteiger partial charge in [0, 0.05) is 25.7 Å². The Kier molecular flexibility index (Phi) is 4.72. The second kappa shape index (κ2) is 6.29. The fraction of sp³-hybridized carbons (Fsp3) is 0.846. The smallest absolute Gasteiger partial charge is 0.141 e. The summed E-state index contributed by atoms with van der Waals surface area (Å²) in [5, 5.41) is 7.68. The van der Waals surface area contributed by atoms with Crippen LogP contribution < -0.4 is 5.32 Å². The summed E-state index contributed by atoms with van der Waals surface area (Å²) in [5.74, 6) is 1.71. The van der Waals surface area contributed by atoms with Crippen LogP contribution in [0.15, 0.2) is 6.33 Å². The van der Waals surface area contributed by atoms with Crippen LogP contribution in [0.25, 0.3) is 0 Å². The highest BCUT2D eigenvalue weighted by Crippen LogP contribution is 2.13. The first-order valence-electron chi connectivity index (χ1n) is 6.95. The molecule has 0 spiro atoms. The van der Waals surface area contributed by atoms with Crippen molar-refractivity contribution in [3.63, 3.8) is 0 Å². The predicted octanol–water partition coefficient (Wildman–Crippen LogP) is 1.12. The second-order valence-electron chi connectivity index (χ2n) is 5.59. The number of nitrogens with one attached hydrogen (secondary N) is 1. The third kappa shape index (κ3) is 3.53. The summed E-state index contributed by atoms with van der Waals surface area (Å²) in [5.41, 5.74) is 0. The normalized spacial score (nSPS) is 18.7.